The van der Waals surface area contributed by atoms with Crippen molar-refractivity contribution >= 4 is 22.2 Å². The third-order valence-corrected chi connectivity index (χ3v) is 5.96. The molecule has 27 heavy (non-hydrogen) atoms. The van der Waals surface area contributed by atoms with Gasteiger partial charge in [0.15, 0.2) is 0 Å². The van der Waals surface area contributed by atoms with E-state index in [1.165, 1.54) is 11.6 Å². The number of nitrogens with zero attached hydrogens (tertiary/aromatic N) is 3. The van der Waals surface area contributed by atoms with Crippen molar-refractivity contribution in [2.45, 2.75) is 25.6 Å². The van der Waals surface area contributed by atoms with Crippen LogP contribution in [0.2, 0.25) is 0 Å². The van der Waals surface area contributed by atoms with Crippen LogP contribution in [0.4, 0.5) is 4.39 Å². The number of aromatic nitrogens is 1. The first kappa shape index (κ1) is 18.5. The van der Waals surface area contributed by atoms with Crippen LogP contribution in [0.3, 0.4) is 0 Å². The number of aliphatic hydroxyl groups is 1. The molecular weight excluding hydrogens is 361 g/mol. The molecule has 0 amide bonds. The number of thiophene rings is 1. The van der Waals surface area contributed by atoms with Crippen LogP contribution in [0, 0.1) is 5.82 Å². The molecule has 1 N–H and O–H groups in total. The van der Waals surface area contributed by atoms with Gasteiger partial charge in [0, 0.05) is 50.8 Å². The normalized spacial score (nSPS) is 19.0. The van der Waals surface area contributed by atoms with Crippen molar-refractivity contribution in [2.75, 3.05) is 26.2 Å². The second-order valence-corrected chi connectivity index (χ2v) is 7.90. The molecule has 6 heteroatoms. The van der Waals surface area contributed by atoms with E-state index in [0.29, 0.717) is 18.1 Å². The average molecular weight is 386 g/mol. The Labute approximate surface area is 162 Å². The topological polar surface area (TPSA) is 39.6 Å². The molecule has 2 aromatic heterocycles. The third kappa shape index (κ3) is 4.35. The minimum atomic E-state index is -0.270. The lowest BCUT2D eigenvalue weighted by Gasteiger charge is -2.41. The summed E-state index contributed by atoms with van der Waals surface area (Å²) in [5.74, 6) is -0.270. The Morgan fingerprint density at radius 2 is 2.07 bits per heavy atom. The zero-order chi connectivity index (χ0) is 18.6. The Balaban J connectivity index is 1.45. The monoisotopic (exact) mass is 385 g/mol. The van der Waals surface area contributed by atoms with Crippen LogP contribution in [0.15, 0.2) is 47.2 Å². The zero-order valence-electron chi connectivity index (χ0n) is 15.2. The summed E-state index contributed by atoms with van der Waals surface area (Å²) < 4.78 is 14.0. The van der Waals surface area contributed by atoms with Crippen LogP contribution in [0.1, 0.15) is 17.7 Å². The summed E-state index contributed by atoms with van der Waals surface area (Å²) in [4.78, 5) is 9.36. The quantitative estimate of drug-likeness (QED) is 0.705. The van der Waals surface area contributed by atoms with E-state index in [1.54, 1.807) is 17.4 Å². The number of para-hydroxylation sites is 1. The van der Waals surface area contributed by atoms with Crippen LogP contribution in [-0.2, 0) is 13.1 Å². The van der Waals surface area contributed by atoms with E-state index >= 15 is 0 Å². The van der Waals surface area contributed by atoms with Crippen molar-refractivity contribution < 1.29 is 9.50 Å². The largest absolute Gasteiger partial charge is 0.396 e. The number of piperazine rings is 1. The summed E-state index contributed by atoms with van der Waals surface area (Å²) in [6, 6.07) is 11.5. The standard InChI is InChI=1S/C21H24FN3OS/c22-20-3-1-2-17-4-5-18(23-21(17)20)13-24-8-9-25(19(14-24)6-10-26)12-16-7-11-27-15-16/h1-5,7,11,15,19,26H,6,8-10,12-14H2. The second-order valence-electron chi connectivity index (χ2n) is 7.12. The van der Waals surface area contributed by atoms with Crippen LogP contribution >= 0.6 is 11.3 Å². The third-order valence-electron chi connectivity index (χ3n) is 5.23. The molecule has 1 aromatic carbocycles. The number of hydrogen-bond acceptors (Lipinski definition) is 5. The van der Waals surface area contributed by atoms with Gasteiger partial charge in [-0.3, -0.25) is 9.80 Å². The maximum absolute atomic E-state index is 14.0. The first-order valence-corrected chi connectivity index (χ1v) is 10.3. The Hall–Kier alpha value is -1.86. The van der Waals surface area contributed by atoms with Gasteiger partial charge in [-0.25, -0.2) is 9.37 Å². The predicted octanol–water partition coefficient (Wildman–Crippen LogP) is 3.50. The number of fused-ring (bicyclic) bond motifs is 1. The Morgan fingerprint density at radius 1 is 1.15 bits per heavy atom. The van der Waals surface area contributed by atoms with Gasteiger partial charge >= 0.3 is 0 Å². The highest BCUT2D eigenvalue weighted by molar-refractivity contribution is 7.07. The first-order valence-electron chi connectivity index (χ1n) is 9.35. The number of aliphatic hydroxyl groups excluding tert-OH is 1. The van der Waals surface area contributed by atoms with Crippen molar-refractivity contribution in [3.8, 4) is 0 Å². The predicted molar refractivity (Wildman–Crippen MR) is 107 cm³/mol. The van der Waals surface area contributed by atoms with Crippen molar-refractivity contribution in [1.29, 1.82) is 0 Å². The molecule has 1 atom stereocenters. The summed E-state index contributed by atoms with van der Waals surface area (Å²) >= 11 is 1.72. The van der Waals surface area contributed by atoms with E-state index in [9.17, 15) is 9.50 Å². The van der Waals surface area contributed by atoms with Gasteiger partial charge in [0.25, 0.3) is 0 Å². The van der Waals surface area contributed by atoms with Crippen molar-refractivity contribution in [2.24, 2.45) is 0 Å². The van der Waals surface area contributed by atoms with Crippen LogP contribution in [0.5, 0.6) is 0 Å². The summed E-state index contributed by atoms with van der Waals surface area (Å²) in [6.07, 6.45) is 0.764. The Morgan fingerprint density at radius 3 is 2.89 bits per heavy atom. The van der Waals surface area contributed by atoms with Gasteiger partial charge in [-0.2, -0.15) is 11.3 Å². The SMILES string of the molecule is OCCC1CN(Cc2ccc3cccc(F)c3n2)CCN1Cc1ccsc1. The molecule has 0 spiro atoms. The molecule has 0 aliphatic carbocycles. The van der Waals surface area contributed by atoms with Gasteiger partial charge in [-0.05, 0) is 40.9 Å². The average Bonchev–Trinajstić information content (AvgIpc) is 3.18. The molecule has 4 nitrogen and oxygen atoms in total. The summed E-state index contributed by atoms with van der Waals surface area (Å²) in [5, 5.41) is 14.6. The number of benzene rings is 1. The van der Waals surface area contributed by atoms with Gasteiger partial charge in [-0.15, -0.1) is 0 Å². The van der Waals surface area contributed by atoms with Crippen molar-refractivity contribution in [3.05, 3.63) is 64.2 Å². The van der Waals surface area contributed by atoms with Gasteiger partial charge in [0.2, 0.25) is 0 Å². The lowest BCUT2D eigenvalue weighted by atomic mass is 10.1. The molecule has 3 aromatic rings. The first-order chi connectivity index (χ1) is 13.2. The highest BCUT2D eigenvalue weighted by Gasteiger charge is 2.27. The highest BCUT2D eigenvalue weighted by atomic mass is 32.1. The number of rotatable bonds is 6. The number of pyridine rings is 1. The second kappa shape index (κ2) is 8.44. The van der Waals surface area contributed by atoms with E-state index in [2.05, 4.69) is 31.6 Å². The number of hydrogen-bond donors (Lipinski definition) is 1. The molecule has 142 valence electrons. The maximum Gasteiger partial charge on any atom is 0.149 e. The minimum Gasteiger partial charge on any atom is -0.396 e. The Bertz CT molecular complexity index is 886. The fourth-order valence-corrected chi connectivity index (χ4v) is 4.48. The van der Waals surface area contributed by atoms with E-state index in [1.807, 2.05) is 18.2 Å². The fourth-order valence-electron chi connectivity index (χ4n) is 3.82. The van der Waals surface area contributed by atoms with Gasteiger partial charge < -0.3 is 5.11 Å². The molecule has 0 radical (unpaired) electrons. The van der Waals surface area contributed by atoms with E-state index in [4.69, 9.17) is 0 Å². The van der Waals surface area contributed by atoms with Crippen molar-refractivity contribution in [1.82, 2.24) is 14.8 Å². The molecule has 1 unspecified atom stereocenters. The van der Waals surface area contributed by atoms with E-state index < -0.39 is 0 Å². The van der Waals surface area contributed by atoms with Crippen LogP contribution in [-0.4, -0.2) is 52.2 Å². The fraction of sp³-hybridized carbons (Fsp3) is 0.381. The minimum absolute atomic E-state index is 0.193. The van der Waals surface area contributed by atoms with E-state index in [0.717, 1.165) is 43.7 Å². The molecule has 0 bridgehead atoms. The molecular formula is C21H24FN3OS. The lowest BCUT2D eigenvalue weighted by Crippen LogP contribution is -2.52. The maximum atomic E-state index is 14.0. The zero-order valence-corrected chi connectivity index (χ0v) is 16.0. The van der Waals surface area contributed by atoms with Gasteiger partial charge in [0.05, 0.1) is 5.69 Å². The van der Waals surface area contributed by atoms with Crippen LogP contribution in [0.25, 0.3) is 10.9 Å². The summed E-state index contributed by atoms with van der Waals surface area (Å²) in [6.45, 7) is 4.63. The Kier molecular flexibility index (Phi) is 5.78. The summed E-state index contributed by atoms with van der Waals surface area (Å²) in [7, 11) is 0. The molecule has 1 aliphatic rings. The van der Waals surface area contributed by atoms with Gasteiger partial charge in [-0.1, -0.05) is 18.2 Å². The molecule has 3 heterocycles. The number of halogens is 1. The molecule has 1 saturated heterocycles. The smallest absolute Gasteiger partial charge is 0.149 e. The molecule has 1 aliphatic heterocycles. The molecule has 1 fully saturated rings. The van der Waals surface area contributed by atoms with E-state index in [-0.39, 0.29) is 12.4 Å². The summed E-state index contributed by atoms with van der Waals surface area (Å²) in [5.41, 5.74) is 2.67. The van der Waals surface area contributed by atoms with Crippen LogP contribution < -0.4 is 0 Å². The molecule has 4 rings (SSSR count). The molecule has 0 saturated carbocycles. The lowest BCUT2D eigenvalue weighted by molar-refractivity contribution is 0.0495. The highest BCUT2D eigenvalue weighted by Crippen LogP contribution is 2.21. The van der Waals surface area contributed by atoms with Gasteiger partial charge in [0.1, 0.15) is 11.3 Å². The van der Waals surface area contributed by atoms with Crippen molar-refractivity contribution in [3.63, 3.8) is 0 Å².